The van der Waals surface area contributed by atoms with Gasteiger partial charge >= 0.3 is 0 Å². The summed E-state index contributed by atoms with van der Waals surface area (Å²) in [5.74, 6) is 0.0952. The SMILES string of the molecule is N#Cc1ncn(CC(=O)N2CCc3sccc3C2)n1. The fraction of sp³-hybridized carbons (Fsp3) is 0.333. The first kappa shape index (κ1) is 11.9. The van der Waals surface area contributed by atoms with Gasteiger partial charge in [0.25, 0.3) is 5.82 Å². The highest BCUT2D eigenvalue weighted by atomic mass is 32.1. The number of hydrogen-bond acceptors (Lipinski definition) is 5. The molecule has 1 amide bonds. The van der Waals surface area contributed by atoms with Crippen LogP contribution in [0.25, 0.3) is 0 Å². The third-order valence-electron chi connectivity index (χ3n) is 3.09. The van der Waals surface area contributed by atoms with Gasteiger partial charge in [-0.05, 0) is 23.4 Å². The van der Waals surface area contributed by atoms with E-state index in [1.54, 1.807) is 11.3 Å². The molecule has 0 aromatic carbocycles. The van der Waals surface area contributed by atoms with Crippen LogP contribution in [0.15, 0.2) is 17.8 Å². The number of thiophene rings is 1. The molecule has 0 saturated carbocycles. The predicted molar refractivity (Wildman–Crippen MR) is 68.2 cm³/mol. The number of fused-ring (bicyclic) bond motifs is 1. The van der Waals surface area contributed by atoms with Crippen LogP contribution in [0.4, 0.5) is 0 Å². The van der Waals surface area contributed by atoms with E-state index in [9.17, 15) is 4.79 Å². The van der Waals surface area contributed by atoms with Gasteiger partial charge < -0.3 is 4.90 Å². The summed E-state index contributed by atoms with van der Waals surface area (Å²) < 4.78 is 1.41. The zero-order chi connectivity index (χ0) is 13.2. The second kappa shape index (κ2) is 4.82. The predicted octanol–water partition coefficient (Wildman–Crippen LogP) is 0.796. The van der Waals surface area contributed by atoms with Crippen molar-refractivity contribution in [2.24, 2.45) is 0 Å². The van der Waals surface area contributed by atoms with Crippen LogP contribution in [0.1, 0.15) is 16.3 Å². The number of nitriles is 1. The largest absolute Gasteiger partial charge is 0.336 e. The molecule has 0 atom stereocenters. The summed E-state index contributed by atoms with van der Waals surface area (Å²) in [6.07, 6.45) is 2.33. The van der Waals surface area contributed by atoms with Crippen molar-refractivity contribution in [2.75, 3.05) is 6.54 Å². The summed E-state index contributed by atoms with van der Waals surface area (Å²) >= 11 is 1.75. The quantitative estimate of drug-likeness (QED) is 0.811. The Hall–Kier alpha value is -2.20. The summed E-state index contributed by atoms with van der Waals surface area (Å²) in [6, 6.07) is 3.92. The molecule has 0 unspecified atom stereocenters. The Kier molecular flexibility index (Phi) is 3.01. The van der Waals surface area contributed by atoms with Crippen LogP contribution in [-0.2, 0) is 24.3 Å². The lowest BCUT2D eigenvalue weighted by atomic mass is 10.1. The number of nitrogens with zero attached hydrogens (tertiary/aromatic N) is 5. The summed E-state index contributed by atoms with van der Waals surface area (Å²) in [6.45, 7) is 1.54. The molecule has 1 aliphatic heterocycles. The van der Waals surface area contributed by atoms with Crippen molar-refractivity contribution >= 4 is 17.2 Å². The molecule has 2 aromatic heterocycles. The minimum Gasteiger partial charge on any atom is -0.336 e. The Morgan fingerprint density at radius 3 is 3.26 bits per heavy atom. The molecule has 2 aromatic rings. The molecule has 0 N–H and O–H groups in total. The molecule has 19 heavy (non-hydrogen) atoms. The minimum absolute atomic E-state index is 0.00578. The highest BCUT2D eigenvalue weighted by Crippen LogP contribution is 2.24. The van der Waals surface area contributed by atoms with Crippen LogP contribution in [0.2, 0.25) is 0 Å². The molecule has 0 fully saturated rings. The average Bonchev–Trinajstić information content (AvgIpc) is 3.05. The van der Waals surface area contributed by atoms with Crippen LogP contribution in [0.3, 0.4) is 0 Å². The van der Waals surface area contributed by atoms with Gasteiger partial charge in [0, 0.05) is 18.0 Å². The molecule has 0 saturated heterocycles. The first-order valence-electron chi connectivity index (χ1n) is 5.89. The molecule has 0 bridgehead atoms. The summed E-state index contributed by atoms with van der Waals surface area (Å²) in [7, 11) is 0. The molecule has 3 rings (SSSR count). The van der Waals surface area contributed by atoms with Crippen molar-refractivity contribution < 1.29 is 4.79 Å². The van der Waals surface area contributed by atoms with E-state index in [0.29, 0.717) is 6.54 Å². The molecular formula is C12H11N5OS. The second-order valence-corrected chi connectivity index (χ2v) is 5.31. The number of carbonyl (C=O) groups is 1. The van der Waals surface area contributed by atoms with E-state index in [1.807, 2.05) is 11.0 Å². The molecule has 0 spiro atoms. The van der Waals surface area contributed by atoms with Gasteiger partial charge in [-0.15, -0.1) is 16.4 Å². The molecule has 0 radical (unpaired) electrons. The van der Waals surface area contributed by atoms with Gasteiger partial charge in [-0.3, -0.25) is 4.79 Å². The van der Waals surface area contributed by atoms with Gasteiger partial charge in [-0.2, -0.15) is 5.26 Å². The van der Waals surface area contributed by atoms with Gasteiger partial charge in [0.1, 0.15) is 18.9 Å². The Balaban J connectivity index is 1.67. The van der Waals surface area contributed by atoms with Crippen molar-refractivity contribution in [1.29, 1.82) is 5.26 Å². The lowest BCUT2D eigenvalue weighted by Gasteiger charge is -2.26. The standard InChI is InChI=1S/C12H11N5OS/c13-5-11-14-8-17(15-11)7-12(18)16-3-1-10-9(6-16)2-4-19-10/h2,4,8H,1,3,6-7H2. The Bertz CT molecular complexity index is 653. The first-order valence-corrected chi connectivity index (χ1v) is 6.77. The van der Waals surface area contributed by atoms with Crippen LogP contribution in [0.5, 0.6) is 0 Å². The number of aromatic nitrogens is 3. The Morgan fingerprint density at radius 1 is 1.58 bits per heavy atom. The highest BCUT2D eigenvalue weighted by molar-refractivity contribution is 7.10. The number of amides is 1. The maximum absolute atomic E-state index is 12.2. The lowest BCUT2D eigenvalue weighted by Crippen LogP contribution is -2.37. The van der Waals surface area contributed by atoms with Crippen molar-refractivity contribution in [3.05, 3.63) is 34.0 Å². The van der Waals surface area contributed by atoms with E-state index in [2.05, 4.69) is 21.5 Å². The molecule has 96 valence electrons. The maximum atomic E-state index is 12.2. The third kappa shape index (κ3) is 2.35. The topological polar surface area (TPSA) is 74.8 Å². The van der Waals surface area contributed by atoms with Crippen LogP contribution in [-0.4, -0.2) is 32.1 Å². The molecule has 3 heterocycles. The molecule has 1 aliphatic rings. The maximum Gasteiger partial charge on any atom is 0.252 e. The lowest BCUT2D eigenvalue weighted by molar-refractivity contribution is -0.132. The van der Waals surface area contributed by atoms with Crippen LogP contribution < -0.4 is 0 Å². The van der Waals surface area contributed by atoms with Gasteiger partial charge in [0.15, 0.2) is 0 Å². The van der Waals surface area contributed by atoms with E-state index in [-0.39, 0.29) is 18.3 Å². The van der Waals surface area contributed by atoms with Gasteiger partial charge in [-0.1, -0.05) is 0 Å². The average molecular weight is 273 g/mol. The molecule has 6 nitrogen and oxygen atoms in total. The second-order valence-electron chi connectivity index (χ2n) is 4.31. The smallest absolute Gasteiger partial charge is 0.252 e. The van der Waals surface area contributed by atoms with Gasteiger partial charge in [0.05, 0.1) is 0 Å². The van der Waals surface area contributed by atoms with E-state index in [4.69, 9.17) is 5.26 Å². The Labute approximate surface area is 113 Å². The van der Waals surface area contributed by atoms with Gasteiger partial charge in [0.2, 0.25) is 5.91 Å². The van der Waals surface area contributed by atoms with Crippen LogP contribution >= 0.6 is 11.3 Å². The van der Waals surface area contributed by atoms with E-state index < -0.39 is 0 Å². The summed E-state index contributed by atoms with van der Waals surface area (Å²) in [5, 5.41) is 14.6. The van der Waals surface area contributed by atoms with Crippen molar-refractivity contribution in [2.45, 2.75) is 19.5 Å². The molecule has 7 heteroatoms. The van der Waals surface area contributed by atoms with Crippen LogP contribution in [0, 0.1) is 11.3 Å². The van der Waals surface area contributed by atoms with Crippen molar-refractivity contribution in [3.63, 3.8) is 0 Å². The Morgan fingerprint density at radius 2 is 2.47 bits per heavy atom. The molecule has 0 aliphatic carbocycles. The fourth-order valence-corrected chi connectivity index (χ4v) is 3.01. The monoisotopic (exact) mass is 273 g/mol. The normalized spacial score (nSPS) is 13.9. The van der Waals surface area contributed by atoms with E-state index in [1.165, 1.54) is 21.4 Å². The zero-order valence-corrected chi connectivity index (χ0v) is 10.9. The number of rotatable bonds is 2. The minimum atomic E-state index is 0.00578. The summed E-state index contributed by atoms with van der Waals surface area (Å²) in [5.41, 5.74) is 1.24. The van der Waals surface area contributed by atoms with E-state index >= 15 is 0 Å². The van der Waals surface area contributed by atoms with Crippen molar-refractivity contribution in [1.82, 2.24) is 19.7 Å². The number of carbonyl (C=O) groups excluding carboxylic acids is 1. The molecular weight excluding hydrogens is 262 g/mol. The van der Waals surface area contributed by atoms with Crippen molar-refractivity contribution in [3.8, 4) is 6.07 Å². The zero-order valence-electron chi connectivity index (χ0n) is 10.1. The van der Waals surface area contributed by atoms with E-state index in [0.717, 1.165) is 13.0 Å². The summed E-state index contributed by atoms with van der Waals surface area (Å²) in [4.78, 5) is 19.1. The highest BCUT2D eigenvalue weighted by Gasteiger charge is 2.21. The van der Waals surface area contributed by atoms with Gasteiger partial charge in [-0.25, -0.2) is 9.67 Å². The number of hydrogen-bond donors (Lipinski definition) is 0. The fourth-order valence-electron chi connectivity index (χ4n) is 2.12. The third-order valence-corrected chi connectivity index (χ3v) is 4.12. The first-order chi connectivity index (χ1) is 9.26.